The number of allylic oxidation sites excluding steroid dienone is 2. The lowest BCUT2D eigenvalue weighted by molar-refractivity contribution is -0.384. The zero-order valence-corrected chi connectivity index (χ0v) is 14.1. The number of hydrogen-bond acceptors (Lipinski definition) is 3. The van der Waals surface area contributed by atoms with Crippen LogP contribution in [0, 0.1) is 16.0 Å². The molecule has 3 atom stereocenters. The van der Waals surface area contributed by atoms with Crippen molar-refractivity contribution in [3.05, 3.63) is 79.8 Å². The van der Waals surface area contributed by atoms with Crippen molar-refractivity contribution in [2.75, 3.05) is 5.32 Å². The van der Waals surface area contributed by atoms with E-state index in [4.69, 9.17) is 23.2 Å². The fourth-order valence-electron chi connectivity index (χ4n) is 3.82. The topological polar surface area (TPSA) is 55.2 Å². The van der Waals surface area contributed by atoms with Crippen molar-refractivity contribution >= 4 is 34.6 Å². The first-order chi connectivity index (χ1) is 11.6. The number of fused-ring (bicyclic) bond motifs is 3. The Labute approximate surface area is 149 Å². The van der Waals surface area contributed by atoms with Gasteiger partial charge in [-0.05, 0) is 35.6 Å². The Morgan fingerprint density at radius 3 is 2.75 bits per heavy atom. The number of nitrogens with one attached hydrogen (secondary N) is 1. The van der Waals surface area contributed by atoms with E-state index < -0.39 is 0 Å². The third-order valence-electron chi connectivity index (χ3n) is 4.87. The van der Waals surface area contributed by atoms with Crippen LogP contribution in [0.15, 0.2) is 48.6 Å². The molecule has 2 aromatic rings. The highest BCUT2D eigenvalue weighted by Crippen LogP contribution is 2.52. The van der Waals surface area contributed by atoms with Gasteiger partial charge in [0.05, 0.1) is 11.0 Å². The van der Waals surface area contributed by atoms with Gasteiger partial charge in [0.1, 0.15) is 5.69 Å². The first-order valence-electron chi connectivity index (χ1n) is 7.71. The Morgan fingerprint density at radius 2 is 2.00 bits per heavy atom. The van der Waals surface area contributed by atoms with Crippen LogP contribution in [0.3, 0.4) is 0 Å². The Kier molecular flexibility index (Phi) is 3.74. The van der Waals surface area contributed by atoms with Crippen molar-refractivity contribution in [2.24, 2.45) is 5.92 Å². The van der Waals surface area contributed by atoms with Crippen molar-refractivity contribution < 1.29 is 4.92 Å². The van der Waals surface area contributed by atoms with Crippen LogP contribution in [-0.2, 0) is 0 Å². The molecule has 0 spiro atoms. The van der Waals surface area contributed by atoms with Crippen LogP contribution in [-0.4, -0.2) is 4.92 Å². The van der Waals surface area contributed by atoms with Crippen molar-refractivity contribution in [1.29, 1.82) is 0 Å². The third-order valence-corrected chi connectivity index (χ3v) is 5.43. The maximum atomic E-state index is 11.4. The van der Waals surface area contributed by atoms with E-state index in [9.17, 15) is 10.1 Å². The summed E-state index contributed by atoms with van der Waals surface area (Å²) in [5.74, 6) is 0.427. The fourth-order valence-corrected chi connectivity index (χ4v) is 4.34. The minimum Gasteiger partial charge on any atom is -0.372 e. The highest BCUT2D eigenvalue weighted by atomic mass is 35.5. The minimum absolute atomic E-state index is 0.0941. The number of rotatable bonds is 2. The van der Waals surface area contributed by atoms with Crippen LogP contribution in [0.2, 0.25) is 10.0 Å². The van der Waals surface area contributed by atoms with Gasteiger partial charge in [-0.15, -0.1) is 0 Å². The average molecular weight is 361 g/mol. The van der Waals surface area contributed by atoms with E-state index in [0.717, 1.165) is 17.5 Å². The molecule has 2 aliphatic rings. The molecule has 0 saturated carbocycles. The summed E-state index contributed by atoms with van der Waals surface area (Å²) in [6.07, 6.45) is 5.19. The molecule has 1 heterocycles. The summed E-state index contributed by atoms with van der Waals surface area (Å²) in [6, 6.07) is 10.6. The van der Waals surface area contributed by atoms with Crippen LogP contribution >= 0.6 is 23.2 Å². The molecule has 0 saturated heterocycles. The first kappa shape index (κ1) is 15.5. The van der Waals surface area contributed by atoms with Gasteiger partial charge in [-0.1, -0.05) is 53.6 Å². The van der Waals surface area contributed by atoms with E-state index >= 15 is 0 Å². The smallest absolute Gasteiger partial charge is 0.292 e. The number of benzene rings is 2. The second kappa shape index (κ2) is 5.80. The van der Waals surface area contributed by atoms with Gasteiger partial charge in [0.2, 0.25) is 0 Å². The van der Waals surface area contributed by atoms with E-state index in [-0.39, 0.29) is 28.5 Å². The molecule has 0 radical (unpaired) electrons. The lowest BCUT2D eigenvalue weighted by atomic mass is 9.77. The number of nitrogens with zero attached hydrogens (tertiary/aromatic N) is 1. The molecule has 0 bridgehead atoms. The molecule has 24 heavy (non-hydrogen) atoms. The molecule has 0 amide bonds. The molecule has 122 valence electrons. The van der Waals surface area contributed by atoms with Crippen LogP contribution in [0.5, 0.6) is 0 Å². The molecule has 1 aliphatic heterocycles. The minimum atomic E-state index is -0.342. The van der Waals surface area contributed by atoms with Gasteiger partial charge in [0.15, 0.2) is 0 Å². The predicted octanol–water partition coefficient (Wildman–Crippen LogP) is 5.73. The number of anilines is 1. The Balaban J connectivity index is 1.86. The van der Waals surface area contributed by atoms with Crippen LogP contribution in [0.1, 0.15) is 29.5 Å². The normalized spacial score (nSPS) is 24.2. The predicted molar refractivity (Wildman–Crippen MR) is 95.9 cm³/mol. The van der Waals surface area contributed by atoms with Gasteiger partial charge in [-0.25, -0.2) is 0 Å². The summed E-state index contributed by atoms with van der Waals surface area (Å²) >= 11 is 12.4. The van der Waals surface area contributed by atoms with Crippen LogP contribution < -0.4 is 5.32 Å². The molecule has 4 nitrogen and oxygen atoms in total. The van der Waals surface area contributed by atoms with Gasteiger partial charge in [-0.2, -0.15) is 0 Å². The Morgan fingerprint density at radius 1 is 1.17 bits per heavy atom. The second-order valence-electron chi connectivity index (χ2n) is 6.14. The molecule has 0 unspecified atom stereocenters. The first-order valence-corrected chi connectivity index (χ1v) is 8.47. The number of nitro groups is 1. The molecule has 0 aromatic heterocycles. The lowest BCUT2D eigenvalue weighted by Gasteiger charge is -2.37. The van der Waals surface area contributed by atoms with Crippen molar-refractivity contribution in [3.8, 4) is 0 Å². The van der Waals surface area contributed by atoms with E-state index in [1.807, 2.05) is 12.1 Å². The summed E-state index contributed by atoms with van der Waals surface area (Å²) in [7, 11) is 0. The van der Waals surface area contributed by atoms with Gasteiger partial charge < -0.3 is 5.32 Å². The molecular formula is C18H14Cl2N2O2. The standard InChI is InChI=1S/C18H14Cl2N2O2/c19-10-7-8-14(15(20)9-10)17-12-4-1-3-11(12)13-5-2-6-16(22(23)24)18(13)21-17/h1-3,5-9,11-12,17,21H,4H2/t11-,12-,17-/m1/s1. The molecule has 6 heteroatoms. The molecule has 1 aliphatic carbocycles. The van der Waals surface area contributed by atoms with Crippen LogP contribution in [0.4, 0.5) is 11.4 Å². The van der Waals surface area contributed by atoms with Crippen molar-refractivity contribution in [1.82, 2.24) is 0 Å². The maximum absolute atomic E-state index is 11.4. The molecule has 1 N–H and O–H groups in total. The van der Waals surface area contributed by atoms with E-state index in [1.54, 1.807) is 18.2 Å². The largest absolute Gasteiger partial charge is 0.372 e. The number of nitro benzene ring substituents is 1. The van der Waals surface area contributed by atoms with Gasteiger partial charge in [0, 0.05) is 22.0 Å². The average Bonchev–Trinajstić information content (AvgIpc) is 3.03. The monoisotopic (exact) mass is 360 g/mol. The highest BCUT2D eigenvalue weighted by molar-refractivity contribution is 6.35. The van der Waals surface area contributed by atoms with Crippen molar-refractivity contribution in [3.63, 3.8) is 0 Å². The van der Waals surface area contributed by atoms with E-state index in [2.05, 4.69) is 17.5 Å². The van der Waals surface area contributed by atoms with Gasteiger partial charge >= 0.3 is 0 Å². The van der Waals surface area contributed by atoms with E-state index in [0.29, 0.717) is 15.7 Å². The fraction of sp³-hybridized carbons (Fsp3) is 0.222. The van der Waals surface area contributed by atoms with Crippen molar-refractivity contribution in [2.45, 2.75) is 18.4 Å². The van der Waals surface area contributed by atoms with Gasteiger partial charge in [-0.3, -0.25) is 10.1 Å². The Hall–Kier alpha value is -2.04. The summed E-state index contributed by atoms with van der Waals surface area (Å²) in [5.41, 5.74) is 2.58. The van der Waals surface area contributed by atoms with E-state index in [1.165, 1.54) is 6.07 Å². The highest BCUT2D eigenvalue weighted by Gasteiger charge is 2.40. The summed E-state index contributed by atoms with van der Waals surface area (Å²) < 4.78 is 0. The second-order valence-corrected chi connectivity index (χ2v) is 6.98. The molecule has 2 aromatic carbocycles. The lowest BCUT2D eigenvalue weighted by Crippen LogP contribution is -2.29. The SMILES string of the molecule is O=[N+]([O-])c1cccc2c1N[C@@H](c1ccc(Cl)cc1Cl)[C@@H]1CC=C[C@@H]21. The van der Waals surface area contributed by atoms with Crippen LogP contribution in [0.25, 0.3) is 0 Å². The quantitative estimate of drug-likeness (QED) is 0.422. The molecule has 0 fully saturated rings. The maximum Gasteiger partial charge on any atom is 0.292 e. The Bertz CT molecular complexity index is 866. The zero-order valence-electron chi connectivity index (χ0n) is 12.6. The third kappa shape index (κ3) is 2.38. The molecule has 4 rings (SSSR count). The summed E-state index contributed by atoms with van der Waals surface area (Å²) in [5, 5.41) is 16.0. The summed E-state index contributed by atoms with van der Waals surface area (Å²) in [6.45, 7) is 0. The van der Waals surface area contributed by atoms with Gasteiger partial charge in [0.25, 0.3) is 5.69 Å². The number of para-hydroxylation sites is 1. The molecular weight excluding hydrogens is 347 g/mol. The number of hydrogen-bond donors (Lipinski definition) is 1. The summed E-state index contributed by atoms with van der Waals surface area (Å²) in [4.78, 5) is 11.1. The number of halogens is 2. The zero-order chi connectivity index (χ0) is 16.8.